The summed E-state index contributed by atoms with van der Waals surface area (Å²) in [7, 11) is -3.56. The Hall–Kier alpha value is -1.37. The largest absolute Gasteiger partial charge is 0.399 e. The SMILES string of the molecule is Cc1ccc(S(=O)(=O)NCc2cccc(N)c2)c(Br)c1. The van der Waals surface area contributed by atoms with Crippen LogP contribution in [0.5, 0.6) is 0 Å². The van der Waals surface area contributed by atoms with Crippen molar-refractivity contribution >= 4 is 31.6 Å². The van der Waals surface area contributed by atoms with Crippen LogP contribution in [0.3, 0.4) is 0 Å². The number of nitrogens with one attached hydrogen (secondary N) is 1. The fraction of sp³-hybridized carbons (Fsp3) is 0.143. The standard InChI is InChI=1S/C14H15BrN2O2S/c1-10-5-6-14(13(15)7-10)20(18,19)17-9-11-3-2-4-12(16)8-11/h2-8,17H,9,16H2,1H3. The number of sulfonamides is 1. The third kappa shape index (κ3) is 3.59. The van der Waals surface area contributed by atoms with E-state index in [-0.39, 0.29) is 11.4 Å². The monoisotopic (exact) mass is 354 g/mol. The zero-order chi connectivity index (χ0) is 14.8. The van der Waals surface area contributed by atoms with E-state index in [0.29, 0.717) is 10.2 Å². The number of hydrogen-bond donors (Lipinski definition) is 2. The summed E-state index contributed by atoms with van der Waals surface area (Å²) >= 11 is 3.28. The van der Waals surface area contributed by atoms with Gasteiger partial charge in [-0.15, -0.1) is 0 Å². The molecule has 20 heavy (non-hydrogen) atoms. The number of rotatable bonds is 4. The minimum atomic E-state index is -3.56. The Bertz CT molecular complexity index is 730. The average Bonchev–Trinajstić information content (AvgIpc) is 2.36. The molecule has 0 aliphatic carbocycles. The molecule has 2 aromatic rings. The Morgan fingerprint density at radius 3 is 2.60 bits per heavy atom. The summed E-state index contributed by atoms with van der Waals surface area (Å²) in [4.78, 5) is 0.229. The van der Waals surface area contributed by atoms with Gasteiger partial charge in [0.15, 0.2) is 0 Å². The molecule has 0 heterocycles. The van der Waals surface area contributed by atoms with Crippen molar-refractivity contribution in [3.63, 3.8) is 0 Å². The van der Waals surface area contributed by atoms with Gasteiger partial charge in [-0.25, -0.2) is 13.1 Å². The maximum atomic E-state index is 12.3. The van der Waals surface area contributed by atoms with Crippen molar-refractivity contribution in [2.75, 3.05) is 5.73 Å². The van der Waals surface area contributed by atoms with E-state index in [1.165, 1.54) is 0 Å². The predicted molar refractivity (Wildman–Crippen MR) is 83.8 cm³/mol. The van der Waals surface area contributed by atoms with Gasteiger partial charge < -0.3 is 5.73 Å². The van der Waals surface area contributed by atoms with Crippen LogP contribution in [-0.2, 0) is 16.6 Å². The molecule has 0 radical (unpaired) electrons. The van der Waals surface area contributed by atoms with Gasteiger partial charge in [-0.3, -0.25) is 0 Å². The van der Waals surface area contributed by atoms with Crippen LogP contribution in [0, 0.1) is 6.92 Å². The first-order chi connectivity index (χ1) is 9.38. The average molecular weight is 355 g/mol. The Kier molecular flexibility index (Phi) is 4.47. The molecule has 0 amide bonds. The van der Waals surface area contributed by atoms with Crippen LogP contribution in [0.4, 0.5) is 5.69 Å². The van der Waals surface area contributed by atoms with Gasteiger partial charge in [0, 0.05) is 16.7 Å². The van der Waals surface area contributed by atoms with E-state index in [2.05, 4.69) is 20.7 Å². The van der Waals surface area contributed by atoms with E-state index in [1.54, 1.807) is 36.4 Å². The molecule has 0 saturated heterocycles. The van der Waals surface area contributed by atoms with Crippen molar-refractivity contribution < 1.29 is 8.42 Å². The van der Waals surface area contributed by atoms with Gasteiger partial charge in [-0.05, 0) is 58.2 Å². The Morgan fingerprint density at radius 1 is 1.20 bits per heavy atom. The minimum absolute atomic E-state index is 0.202. The van der Waals surface area contributed by atoms with Crippen LogP contribution in [0.2, 0.25) is 0 Å². The fourth-order valence-corrected chi connectivity index (χ4v) is 3.99. The highest BCUT2D eigenvalue weighted by atomic mass is 79.9. The minimum Gasteiger partial charge on any atom is -0.399 e. The smallest absolute Gasteiger partial charge is 0.241 e. The zero-order valence-corrected chi connectivity index (χ0v) is 13.3. The van der Waals surface area contributed by atoms with E-state index < -0.39 is 10.0 Å². The van der Waals surface area contributed by atoms with Gasteiger partial charge in [0.25, 0.3) is 0 Å². The highest BCUT2D eigenvalue weighted by molar-refractivity contribution is 9.10. The molecule has 0 unspecified atom stereocenters. The molecule has 3 N–H and O–H groups in total. The summed E-state index contributed by atoms with van der Waals surface area (Å²) in [5.41, 5.74) is 8.08. The summed E-state index contributed by atoms with van der Waals surface area (Å²) in [5.74, 6) is 0. The number of halogens is 1. The molecule has 2 rings (SSSR count). The normalized spacial score (nSPS) is 11.5. The number of benzene rings is 2. The van der Waals surface area contributed by atoms with E-state index in [9.17, 15) is 8.42 Å². The first kappa shape index (κ1) is 15.0. The van der Waals surface area contributed by atoms with E-state index in [1.807, 2.05) is 13.0 Å². The van der Waals surface area contributed by atoms with Crippen LogP contribution in [0.1, 0.15) is 11.1 Å². The van der Waals surface area contributed by atoms with Crippen LogP contribution in [-0.4, -0.2) is 8.42 Å². The van der Waals surface area contributed by atoms with Crippen molar-refractivity contribution in [1.82, 2.24) is 4.72 Å². The summed E-state index contributed by atoms with van der Waals surface area (Å²) in [6, 6.07) is 12.2. The highest BCUT2D eigenvalue weighted by Crippen LogP contribution is 2.23. The zero-order valence-electron chi connectivity index (χ0n) is 10.9. The second-order valence-corrected chi connectivity index (χ2v) is 7.09. The van der Waals surface area contributed by atoms with Crippen molar-refractivity contribution in [2.45, 2.75) is 18.4 Å². The van der Waals surface area contributed by atoms with E-state index in [4.69, 9.17) is 5.73 Å². The molecule has 2 aromatic carbocycles. The molecule has 0 aromatic heterocycles. The first-order valence-corrected chi connectivity index (χ1v) is 8.26. The van der Waals surface area contributed by atoms with Crippen molar-refractivity contribution in [3.8, 4) is 0 Å². The van der Waals surface area contributed by atoms with Crippen LogP contribution in [0.15, 0.2) is 51.8 Å². The predicted octanol–water partition coefficient (Wildman–Crippen LogP) is 2.82. The molecule has 0 spiro atoms. The summed E-state index contributed by atoms with van der Waals surface area (Å²) in [5, 5.41) is 0. The van der Waals surface area contributed by atoms with Gasteiger partial charge in [0.1, 0.15) is 0 Å². The lowest BCUT2D eigenvalue weighted by molar-refractivity contribution is 0.581. The summed E-state index contributed by atoms with van der Waals surface area (Å²) in [6.07, 6.45) is 0. The van der Waals surface area contributed by atoms with Crippen molar-refractivity contribution in [1.29, 1.82) is 0 Å². The summed E-state index contributed by atoms with van der Waals surface area (Å²) in [6.45, 7) is 2.11. The highest BCUT2D eigenvalue weighted by Gasteiger charge is 2.17. The molecule has 0 aliphatic heterocycles. The molecule has 4 nitrogen and oxygen atoms in total. The van der Waals surface area contributed by atoms with Gasteiger partial charge in [-0.2, -0.15) is 0 Å². The Labute approximate surface area is 127 Å². The van der Waals surface area contributed by atoms with Crippen molar-refractivity contribution in [3.05, 3.63) is 58.1 Å². The van der Waals surface area contributed by atoms with Gasteiger partial charge >= 0.3 is 0 Å². The third-order valence-corrected chi connectivity index (χ3v) is 5.17. The lowest BCUT2D eigenvalue weighted by Crippen LogP contribution is -2.23. The second kappa shape index (κ2) is 5.95. The molecule has 6 heteroatoms. The molecular weight excluding hydrogens is 340 g/mol. The fourth-order valence-electron chi connectivity index (χ4n) is 1.78. The lowest BCUT2D eigenvalue weighted by atomic mass is 10.2. The maximum absolute atomic E-state index is 12.3. The maximum Gasteiger partial charge on any atom is 0.241 e. The number of aryl methyl sites for hydroxylation is 1. The molecule has 0 bridgehead atoms. The van der Waals surface area contributed by atoms with Gasteiger partial charge in [0.2, 0.25) is 10.0 Å². The summed E-state index contributed by atoms with van der Waals surface area (Å²) < 4.78 is 27.6. The van der Waals surface area contributed by atoms with Gasteiger partial charge in [-0.1, -0.05) is 18.2 Å². The number of nitrogens with two attached hydrogens (primary N) is 1. The van der Waals surface area contributed by atoms with E-state index in [0.717, 1.165) is 11.1 Å². The van der Waals surface area contributed by atoms with E-state index >= 15 is 0 Å². The number of nitrogen functional groups attached to an aromatic ring is 1. The molecule has 0 fully saturated rings. The molecule has 106 valence electrons. The topological polar surface area (TPSA) is 72.2 Å². The second-order valence-electron chi connectivity index (χ2n) is 4.50. The first-order valence-electron chi connectivity index (χ1n) is 5.99. The third-order valence-electron chi connectivity index (χ3n) is 2.79. The van der Waals surface area contributed by atoms with Crippen LogP contribution in [0.25, 0.3) is 0 Å². The Morgan fingerprint density at radius 2 is 1.95 bits per heavy atom. The molecular formula is C14H15BrN2O2S. The van der Waals surface area contributed by atoms with Crippen molar-refractivity contribution in [2.24, 2.45) is 0 Å². The molecule has 0 aliphatic rings. The lowest BCUT2D eigenvalue weighted by Gasteiger charge is -2.09. The van der Waals surface area contributed by atoms with Crippen LogP contribution < -0.4 is 10.5 Å². The van der Waals surface area contributed by atoms with Crippen LogP contribution >= 0.6 is 15.9 Å². The number of anilines is 1. The van der Waals surface area contributed by atoms with Gasteiger partial charge in [0.05, 0.1) is 4.90 Å². The Balaban J connectivity index is 2.19. The molecule has 0 saturated carbocycles. The number of hydrogen-bond acceptors (Lipinski definition) is 3. The quantitative estimate of drug-likeness (QED) is 0.829. The molecule has 0 atom stereocenters.